The summed E-state index contributed by atoms with van der Waals surface area (Å²) in [4.78, 5) is 26.0. The fourth-order valence-corrected chi connectivity index (χ4v) is 3.33. The molecular formula is C19H16F2N2O3. The van der Waals surface area contributed by atoms with Crippen LogP contribution in [0.15, 0.2) is 42.5 Å². The van der Waals surface area contributed by atoms with Crippen LogP contribution in [0.25, 0.3) is 0 Å². The first-order valence-corrected chi connectivity index (χ1v) is 8.23. The maximum atomic E-state index is 13.3. The molecular weight excluding hydrogens is 342 g/mol. The van der Waals surface area contributed by atoms with Gasteiger partial charge < -0.3 is 15.0 Å². The van der Waals surface area contributed by atoms with Crippen LogP contribution in [0.2, 0.25) is 0 Å². The van der Waals surface area contributed by atoms with E-state index in [4.69, 9.17) is 4.74 Å². The standard InChI is InChI=1S/C19H16F2N2O3/c20-13-3-1-12(2-4-13)9-22-18(25)23-10-19(11-23)8-16(24)15-7-14(21)5-6-17(15)26-19/h1-7H,8-11H2,(H,22,25). The molecule has 2 amide bonds. The highest BCUT2D eigenvalue weighted by molar-refractivity contribution is 6.00. The highest BCUT2D eigenvalue weighted by Crippen LogP contribution is 2.38. The molecule has 5 nitrogen and oxygen atoms in total. The molecule has 4 rings (SSSR count). The van der Waals surface area contributed by atoms with Gasteiger partial charge >= 0.3 is 6.03 Å². The third-order valence-corrected chi connectivity index (χ3v) is 4.65. The molecule has 2 aliphatic heterocycles. The van der Waals surface area contributed by atoms with Crippen LogP contribution < -0.4 is 10.1 Å². The average Bonchev–Trinajstić information content (AvgIpc) is 2.59. The van der Waals surface area contributed by atoms with Gasteiger partial charge in [0, 0.05) is 6.54 Å². The maximum Gasteiger partial charge on any atom is 0.317 e. The molecule has 1 N–H and O–H groups in total. The van der Waals surface area contributed by atoms with Crippen molar-refractivity contribution in [1.29, 1.82) is 0 Å². The Kier molecular flexibility index (Phi) is 3.86. The van der Waals surface area contributed by atoms with E-state index in [1.165, 1.54) is 30.3 Å². The smallest absolute Gasteiger partial charge is 0.317 e. The van der Waals surface area contributed by atoms with Crippen LogP contribution in [-0.4, -0.2) is 35.4 Å². The summed E-state index contributed by atoms with van der Waals surface area (Å²) in [5.41, 5.74) is 0.291. The zero-order chi connectivity index (χ0) is 18.3. The van der Waals surface area contributed by atoms with E-state index in [-0.39, 0.29) is 49.3 Å². The monoisotopic (exact) mass is 358 g/mol. The molecule has 0 saturated carbocycles. The van der Waals surface area contributed by atoms with E-state index in [0.717, 1.165) is 5.56 Å². The number of hydrogen-bond acceptors (Lipinski definition) is 3. The molecule has 2 aliphatic rings. The molecule has 2 aromatic rings. The van der Waals surface area contributed by atoms with Gasteiger partial charge in [0.25, 0.3) is 0 Å². The first kappa shape index (κ1) is 16.5. The lowest BCUT2D eigenvalue weighted by atomic mass is 9.84. The van der Waals surface area contributed by atoms with Crippen LogP contribution in [0.4, 0.5) is 13.6 Å². The molecule has 1 fully saturated rings. The zero-order valence-electron chi connectivity index (χ0n) is 13.8. The summed E-state index contributed by atoms with van der Waals surface area (Å²) in [7, 11) is 0. The summed E-state index contributed by atoms with van der Waals surface area (Å²) >= 11 is 0. The summed E-state index contributed by atoms with van der Waals surface area (Å²) in [6.07, 6.45) is 0.116. The molecule has 134 valence electrons. The first-order valence-electron chi connectivity index (χ1n) is 8.23. The van der Waals surface area contributed by atoms with E-state index in [9.17, 15) is 18.4 Å². The number of Topliss-reactive ketones (excluding diaryl/α,β-unsaturated/α-hetero) is 1. The second kappa shape index (κ2) is 6.09. The number of carbonyl (C=O) groups excluding carboxylic acids is 2. The Morgan fingerprint density at radius 3 is 2.54 bits per heavy atom. The number of nitrogens with zero attached hydrogens (tertiary/aromatic N) is 1. The fraction of sp³-hybridized carbons (Fsp3) is 0.263. The van der Waals surface area contributed by atoms with Gasteiger partial charge in [-0.15, -0.1) is 0 Å². The topological polar surface area (TPSA) is 58.6 Å². The van der Waals surface area contributed by atoms with Crippen molar-refractivity contribution in [1.82, 2.24) is 10.2 Å². The number of hydrogen-bond donors (Lipinski definition) is 1. The molecule has 0 radical (unpaired) electrons. The summed E-state index contributed by atoms with van der Waals surface area (Å²) in [6.45, 7) is 0.847. The average molecular weight is 358 g/mol. The molecule has 2 aromatic carbocycles. The van der Waals surface area contributed by atoms with Gasteiger partial charge in [0.1, 0.15) is 17.4 Å². The van der Waals surface area contributed by atoms with Crippen molar-refractivity contribution in [2.75, 3.05) is 13.1 Å². The second-order valence-corrected chi connectivity index (χ2v) is 6.67. The van der Waals surface area contributed by atoms with Gasteiger partial charge in [-0.1, -0.05) is 12.1 Å². The van der Waals surface area contributed by atoms with Crippen LogP contribution in [0, 0.1) is 11.6 Å². The predicted molar refractivity (Wildman–Crippen MR) is 88.9 cm³/mol. The number of ketones is 1. The highest BCUT2D eigenvalue weighted by Gasteiger charge is 2.51. The maximum absolute atomic E-state index is 13.3. The molecule has 0 unspecified atom stereocenters. The van der Waals surface area contributed by atoms with E-state index in [1.807, 2.05) is 0 Å². The third kappa shape index (κ3) is 3.00. The quantitative estimate of drug-likeness (QED) is 0.898. The number of likely N-dealkylation sites (tertiary alicyclic amines) is 1. The van der Waals surface area contributed by atoms with E-state index in [2.05, 4.69) is 5.32 Å². The second-order valence-electron chi connectivity index (χ2n) is 6.67. The Balaban J connectivity index is 1.36. The summed E-state index contributed by atoms with van der Waals surface area (Å²) in [5, 5.41) is 2.75. The van der Waals surface area contributed by atoms with Crippen molar-refractivity contribution >= 4 is 11.8 Å². The SMILES string of the molecule is O=C1CC2(CN(C(=O)NCc3ccc(F)cc3)C2)Oc2ccc(F)cc21. The summed E-state index contributed by atoms with van der Waals surface area (Å²) < 4.78 is 32.0. The van der Waals surface area contributed by atoms with E-state index < -0.39 is 11.4 Å². The predicted octanol–water partition coefficient (Wildman–Crippen LogP) is 2.89. The lowest BCUT2D eigenvalue weighted by Crippen LogP contribution is -2.69. The van der Waals surface area contributed by atoms with Crippen molar-refractivity contribution in [2.24, 2.45) is 0 Å². The minimum Gasteiger partial charge on any atom is -0.482 e. The number of halogens is 2. The van der Waals surface area contributed by atoms with Crippen LogP contribution in [0.1, 0.15) is 22.3 Å². The zero-order valence-corrected chi connectivity index (χ0v) is 13.8. The van der Waals surface area contributed by atoms with Crippen molar-refractivity contribution in [3.05, 3.63) is 65.2 Å². The van der Waals surface area contributed by atoms with E-state index >= 15 is 0 Å². The number of ether oxygens (including phenoxy) is 1. The van der Waals surface area contributed by atoms with Crippen molar-refractivity contribution in [2.45, 2.75) is 18.6 Å². The summed E-state index contributed by atoms with van der Waals surface area (Å²) in [6, 6.07) is 9.47. The summed E-state index contributed by atoms with van der Waals surface area (Å²) in [5.74, 6) is -0.637. The van der Waals surface area contributed by atoms with Crippen molar-refractivity contribution in [3.63, 3.8) is 0 Å². The Hall–Kier alpha value is -2.96. The van der Waals surface area contributed by atoms with Crippen molar-refractivity contribution < 1.29 is 23.1 Å². The molecule has 0 atom stereocenters. The Bertz CT molecular complexity index is 877. The molecule has 0 aromatic heterocycles. The van der Waals surface area contributed by atoms with Crippen LogP contribution in [0.5, 0.6) is 5.75 Å². The number of amides is 2. The molecule has 26 heavy (non-hydrogen) atoms. The van der Waals surface area contributed by atoms with Gasteiger partial charge in [-0.05, 0) is 35.9 Å². The largest absolute Gasteiger partial charge is 0.482 e. The van der Waals surface area contributed by atoms with Gasteiger partial charge in [0.05, 0.1) is 25.1 Å². The molecule has 0 bridgehead atoms. The van der Waals surface area contributed by atoms with Gasteiger partial charge in [-0.25, -0.2) is 13.6 Å². The van der Waals surface area contributed by atoms with Gasteiger partial charge in [-0.2, -0.15) is 0 Å². The number of benzene rings is 2. The molecule has 7 heteroatoms. The van der Waals surface area contributed by atoms with Gasteiger partial charge in [0.2, 0.25) is 0 Å². The fourth-order valence-electron chi connectivity index (χ4n) is 3.33. The van der Waals surface area contributed by atoms with Gasteiger partial charge in [-0.3, -0.25) is 4.79 Å². The van der Waals surface area contributed by atoms with E-state index in [1.54, 1.807) is 17.0 Å². The third-order valence-electron chi connectivity index (χ3n) is 4.65. The molecule has 2 heterocycles. The molecule has 1 spiro atoms. The number of carbonyl (C=O) groups is 2. The van der Waals surface area contributed by atoms with Crippen LogP contribution in [0.3, 0.4) is 0 Å². The highest BCUT2D eigenvalue weighted by atomic mass is 19.1. The van der Waals surface area contributed by atoms with Crippen LogP contribution in [-0.2, 0) is 6.54 Å². The first-order chi connectivity index (χ1) is 12.4. The lowest BCUT2D eigenvalue weighted by molar-refractivity contribution is -0.0597. The number of rotatable bonds is 2. The normalized spacial score (nSPS) is 17.3. The molecule has 0 aliphatic carbocycles. The van der Waals surface area contributed by atoms with E-state index in [0.29, 0.717) is 5.75 Å². The van der Waals surface area contributed by atoms with Gasteiger partial charge in [0.15, 0.2) is 11.4 Å². The minimum absolute atomic E-state index is 0.116. The number of fused-ring (bicyclic) bond motifs is 1. The minimum atomic E-state index is -0.741. The number of nitrogens with one attached hydrogen (secondary N) is 1. The lowest BCUT2D eigenvalue weighted by Gasteiger charge is -2.50. The number of urea groups is 1. The Labute approximate surface area is 148 Å². The Morgan fingerprint density at radius 2 is 1.81 bits per heavy atom. The van der Waals surface area contributed by atoms with Crippen molar-refractivity contribution in [3.8, 4) is 5.75 Å². The van der Waals surface area contributed by atoms with Crippen LogP contribution >= 0.6 is 0 Å². The molecule has 1 saturated heterocycles. The Morgan fingerprint density at radius 1 is 1.12 bits per heavy atom.